The molecule has 26 heavy (non-hydrogen) atoms. The lowest BCUT2D eigenvalue weighted by atomic mass is 9.92. The second-order valence-corrected chi connectivity index (χ2v) is 8.25. The van der Waals surface area contributed by atoms with Gasteiger partial charge in [-0.15, -0.1) is 0 Å². The third kappa shape index (κ3) is 4.37. The minimum Gasteiger partial charge on any atom is -0.497 e. The number of sulfonamides is 1. The highest BCUT2D eigenvalue weighted by molar-refractivity contribution is 7.89. The zero-order valence-corrected chi connectivity index (χ0v) is 16.1. The molecule has 0 atom stereocenters. The van der Waals surface area contributed by atoms with Gasteiger partial charge in [0, 0.05) is 6.54 Å². The van der Waals surface area contributed by atoms with Crippen LogP contribution < -0.4 is 14.2 Å². The number of hydrogen-bond donors (Lipinski definition) is 1. The van der Waals surface area contributed by atoms with Crippen molar-refractivity contribution < 1.29 is 17.9 Å². The molecular formula is C20H25NO4S. The molecule has 0 fully saturated rings. The van der Waals surface area contributed by atoms with E-state index in [1.54, 1.807) is 32.2 Å². The molecule has 0 aliphatic heterocycles. The molecule has 1 N–H and O–H groups in total. The number of rotatable bonds is 7. The molecule has 140 valence electrons. The van der Waals surface area contributed by atoms with E-state index in [9.17, 15) is 8.42 Å². The number of nitrogens with one attached hydrogen (secondary N) is 1. The fourth-order valence-corrected chi connectivity index (χ4v) is 4.51. The van der Waals surface area contributed by atoms with E-state index in [-0.39, 0.29) is 18.0 Å². The normalized spacial score (nSPS) is 13.9. The number of methoxy groups -OCH3 is 1. The lowest BCUT2D eigenvalue weighted by molar-refractivity contribution is 0.322. The Kier molecular flexibility index (Phi) is 5.84. The van der Waals surface area contributed by atoms with Gasteiger partial charge in [-0.3, -0.25) is 0 Å². The first-order valence-corrected chi connectivity index (χ1v) is 10.4. The van der Waals surface area contributed by atoms with Crippen LogP contribution in [0.25, 0.3) is 0 Å². The Hall–Kier alpha value is -2.05. The number of aryl methyl sites for hydroxylation is 3. The second-order valence-electron chi connectivity index (χ2n) is 6.52. The van der Waals surface area contributed by atoms with Crippen molar-refractivity contribution in [2.24, 2.45) is 0 Å². The molecule has 3 rings (SSSR count). The van der Waals surface area contributed by atoms with E-state index >= 15 is 0 Å². The zero-order valence-electron chi connectivity index (χ0n) is 15.2. The number of ether oxygens (including phenoxy) is 2. The van der Waals surface area contributed by atoms with Crippen LogP contribution >= 0.6 is 0 Å². The largest absolute Gasteiger partial charge is 0.497 e. The summed E-state index contributed by atoms with van der Waals surface area (Å²) in [7, 11) is -2.02. The summed E-state index contributed by atoms with van der Waals surface area (Å²) in [6.07, 6.45) is 4.70. The summed E-state index contributed by atoms with van der Waals surface area (Å²) >= 11 is 0. The summed E-state index contributed by atoms with van der Waals surface area (Å²) in [4.78, 5) is 0.257. The molecule has 6 heteroatoms. The average molecular weight is 375 g/mol. The molecule has 0 radical (unpaired) electrons. The lowest BCUT2D eigenvalue weighted by Gasteiger charge is -2.17. The van der Waals surface area contributed by atoms with E-state index in [1.807, 2.05) is 6.07 Å². The summed E-state index contributed by atoms with van der Waals surface area (Å²) in [6, 6.07) is 11.1. The molecule has 0 unspecified atom stereocenters. The van der Waals surface area contributed by atoms with E-state index in [1.165, 1.54) is 24.0 Å². The molecule has 0 aromatic heterocycles. The third-order valence-electron chi connectivity index (χ3n) is 4.65. The van der Waals surface area contributed by atoms with Gasteiger partial charge >= 0.3 is 0 Å². The molecular weight excluding hydrogens is 350 g/mol. The predicted octanol–water partition coefficient (Wildman–Crippen LogP) is 3.24. The lowest BCUT2D eigenvalue weighted by Crippen LogP contribution is -2.28. The van der Waals surface area contributed by atoms with Crippen LogP contribution in [0.4, 0.5) is 0 Å². The monoisotopic (exact) mass is 375 g/mol. The highest BCUT2D eigenvalue weighted by Crippen LogP contribution is 2.25. The maximum atomic E-state index is 12.4. The highest BCUT2D eigenvalue weighted by Gasteiger charge is 2.17. The molecule has 0 spiro atoms. The Morgan fingerprint density at radius 3 is 2.46 bits per heavy atom. The van der Waals surface area contributed by atoms with Gasteiger partial charge in [-0.05, 0) is 79.6 Å². The van der Waals surface area contributed by atoms with Gasteiger partial charge in [0.25, 0.3) is 0 Å². The van der Waals surface area contributed by atoms with Crippen molar-refractivity contribution in [2.75, 3.05) is 20.3 Å². The molecule has 1 aliphatic rings. The molecule has 0 heterocycles. The fourth-order valence-electron chi connectivity index (χ4n) is 3.27. The van der Waals surface area contributed by atoms with E-state index in [0.717, 1.165) is 18.6 Å². The summed E-state index contributed by atoms with van der Waals surface area (Å²) in [5, 5.41) is 0. The van der Waals surface area contributed by atoms with Crippen molar-refractivity contribution in [3.63, 3.8) is 0 Å². The molecule has 0 saturated carbocycles. The topological polar surface area (TPSA) is 64.6 Å². The molecule has 2 aromatic carbocycles. The molecule has 2 aromatic rings. The Morgan fingerprint density at radius 2 is 1.73 bits per heavy atom. The maximum Gasteiger partial charge on any atom is 0.240 e. The van der Waals surface area contributed by atoms with E-state index in [4.69, 9.17) is 9.47 Å². The number of hydrogen-bond acceptors (Lipinski definition) is 4. The van der Waals surface area contributed by atoms with Crippen molar-refractivity contribution in [3.8, 4) is 11.5 Å². The first kappa shape index (κ1) is 18.7. The van der Waals surface area contributed by atoms with E-state index in [2.05, 4.69) is 16.9 Å². The Bertz CT molecular complexity index is 877. The van der Waals surface area contributed by atoms with Crippen LogP contribution in [0.5, 0.6) is 11.5 Å². The van der Waals surface area contributed by atoms with Crippen LogP contribution in [0.1, 0.15) is 29.5 Å². The molecule has 0 saturated heterocycles. The minimum absolute atomic E-state index is 0.213. The first-order valence-electron chi connectivity index (χ1n) is 8.88. The van der Waals surface area contributed by atoms with E-state index in [0.29, 0.717) is 11.3 Å². The predicted molar refractivity (Wildman–Crippen MR) is 101 cm³/mol. The van der Waals surface area contributed by atoms with Crippen molar-refractivity contribution >= 4 is 10.0 Å². The number of fused-ring (bicyclic) bond motifs is 1. The van der Waals surface area contributed by atoms with Crippen molar-refractivity contribution in [2.45, 2.75) is 37.5 Å². The van der Waals surface area contributed by atoms with Crippen LogP contribution in [0.2, 0.25) is 0 Å². The van der Waals surface area contributed by atoms with Gasteiger partial charge in [0.15, 0.2) is 0 Å². The molecule has 1 aliphatic carbocycles. The first-order chi connectivity index (χ1) is 12.5. The van der Waals surface area contributed by atoms with Crippen molar-refractivity contribution in [1.29, 1.82) is 0 Å². The minimum atomic E-state index is -3.57. The van der Waals surface area contributed by atoms with E-state index < -0.39 is 10.0 Å². The summed E-state index contributed by atoms with van der Waals surface area (Å²) in [6.45, 7) is 2.25. The second kappa shape index (κ2) is 8.10. The van der Waals surface area contributed by atoms with Gasteiger partial charge in [-0.1, -0.05) is 6.07 Å². The van der Waals surface area contributed by atoms with Crippen LogP contribution in [0, 0.1) is 6.92 Å². The Morgan fingerprint density at radius 1 is 1.00 bits per heavy atom. The molecule has 5 nitrogen and oxygen atoms in total. The maximum absolute atomic E-state index is 12.4. The SMILES string of the molecule is COc1ccc(S(=O)(=O)NCCOc2ccc3c(c2)CCCC3)c(C)c1. The van der Waals surface area contributed by atoms with Crippen LogP contribution in [-0.4, -0.2) is 28.7 Å². The highest BCUT2D eigenvalue weighted by atomic mass is 32.2. The number of benzene rings is 2. The van der Waals surface area contributed by atoms with Gasteiger partial charge in [0.1, 0.15) is 18.1 Å². The third-order valence-corrected chi connectivity index (χ3v) is 6.28. The van der Waals surface area contributed by atoms with Crippen LogP contribution in [0.3, 0.4) is 0 Å². The standard InChI is InChI=1S/C20H25NO4S/c1-15-13-18(24-2)9-10-20(15)26(22,23)21-11-12-25-19-8-7-16-5-3-4-6-17(16)14-19/h7-10,13-14,21H,3-6,11-12H2,1-2H3. The van der Waals surface area contributed by atoms with Crippen molar-refractivity contribution in [1.82, 2.24) is 4.72 Å². The zero-order chi connectivity index (χ0) is 18.6. The van der Waals surface area contributed by atoms with Gasteiger partial charge < -0.3 is 9.47 Å². The smallest absolute Gasteiger partial charge is 0.240 e. The van der Waals surface area contributed by atoms with Crippen LogP contribution in [-0.2, 0) is 22.9 Å². The summed E-state index contributed by atoms with van der Waals surface area (Å²) in [5.74, 6) is 1.43. The molecule has 0 amide bonds. The van der Waals surface area contributed by atoms with Gasteiger partial charge in [0.05, 0.1) is 12.0 Å². The van der Waals surface area contributed by atoms with Gasteiger partial charge in [-0.2, -0.15) is 0 Å². The summed E-state index contributed by atoms with van der Waals surface area (Å²) in [5.41, 5.74) is 3.40. The summed E-state index contributed by atoms with van der Waals surface area (Å²) < 4.78 is 38.3. The van der Waals surface area contributed by atoms with Gasteiger partial charge in [0.2, 0.25) is 10.0 Å². The fraction of sp³-hybridized carbons (Fsp3) is 0.400. The molecule has 0 bridgehead atoms. The Labute approximate surface area is 155 Å². The Balaban J connectivity index is 1.56. The van der Waals surface area contributed by atoms with Crippen LogP contribution in [0.15, 0.2) is 41.3 Å². The average Bonchev–Trinajstić information content (AvgIpc) is 2.64. The van der Waals surface area contributed by atoms with Gasteiger partial charge in [-0.25, -0.2) is 13.1 Å². The quantitative estimate of drug-likeness (QED) is 0.755. The van der Waals surface area contributed by atoms with Crippen molar-refractivity contribution in [3.05, 3.63) is 53.1 Å².